The molecule has 1 N–H and O–H groups in total. The van der Waals surface area contributed by atoms with Gasteiger partial charge in [-0.3, -0.25) is 0 Å². The summed E-state index contributed by atoms with van der Waals surface area (Å²) in [7, 11) is -4.03. The normalized spacial score (nSPS) is 18.2. The van der Waals surface area contributed by atoms with E-state index < -0.39 is 44.7 Å². The number of halogens is 2. The third-order valence-electron chi connectivity index (χ3n) is 3.04. The fraction of sp³-hybridized carbons (Fsp3) is 0.417. The first-order valence-corrected chi connectivity index (χ1v) is 7.38. The van der Waals surface area contributed by atoms with E-state index in [2.05, 4.69) is 0 Å². The number of nitrogens with zero attached hydrogens (tertiary/aromatic N) is 1. The summed E-state index contributed by atoms with van der Waals surface area (Å²) in [5.74, 6) is -3.14. The van der Waals surface area contributed by atoms with Crippen molar-refractivity contribution in [3.8, 4) is 0 Å². The van der Waals surface area contributed by atoms with E-state index in [9.17, 15) is 22.0 Å². The first-order chi connectivity index (χ1) is 9.62. The van der Waals surface area contributed by atoms with Crippen LogP contribution in [-0.4, -0.2) is 49.1 Å². The van der Waals surface area contributed by atoms with Crippen LogP contribution >= 0.6 is 0 Å². The Labute approximate surface area is 120 Å². The monoisotopic (exact) mass is 321 g/mol. The first kappa shape index (κ1) is 15.8. The zero-order valence-corrected chi connectivity index (χ0v) is 11.9. The lowest BCUT2D eigenvalue weighted by atomic mass is 10.0. The van der Waals surface area contributed by atoms with Crippen LogP contribution in [-0.2, 0) is 19.6 Å². The Bertz CT molecular complexity index is 650. The Kier molecular flexibility index (Phi) is 4.00. The van der Waals surface area contributed by atoms with Crippen LogP contribution in [0.3, 0.4) is 0 Å². The number of benzene rings is 1. The lowest BCUT2D eigenvalue weighted by Crippen LogP contribution is -2.63. The smallest absolute Gasteiger partial charge is 0.329 e. The average Bonchev–Trinajstić information content (AvgIpc) is 2.31. The molecule has 0 aromatic heterocycles. The molecular weight excluding hydrogens is 308 g/mol. The van der Waals surface area contributed by atoms with Crippen molar-refractivity contribution >= 4 is 16.0 Å². The molecule has 0 saturated carbocycles. The van der Waals surface area contributed by atoms with Crippen molar-refractivity contribution in [2.24, 2.45) is 0 Å². The molecule has 21 heavy (non-hydrogen) atoms. The molecule has 1 saturated heterocycles. The number of hydrogen-bond donors (Lipinski definition) is 1. The molecule has 0 spiro atoms. The molecule has 0 unspecified atom stereocenters. The number of aliphatic carboxylic acids is 1. The van der Waals surface area contributed by atoms with Crippen molar-refractivity contribution in [3.63, 3.8) is 0 Å². The van der Waals surface area contributed by atoms with Gasteiger partial charge in [0.15, 0.2) is 0 Å². The van der Waals surface area contributed by atoms with Crippen molar-refractivity contribution in [1.82, 2.24) is 4.31 Å². The summed E-state index contributed by atoms with van der Waals surface area (Å²) in [6.45, 7) is 0.856. The third-order valence-corrected chi connectivity index (χ3v) is 4.81. The molecule has 0 amide bonds. The predicted molar refractivity (Wildman–Crippen MR) is 67.1 cm³/mol. The molecule has 1 aliphatic heterocycles. The quantitative estimate of drug-likeness (QED) is 0.868. The molecule has 1 fully saturated rings. The molecule has 2 rings (SSSR count). The topological polar surface area (TPSA) is 83.9 Å². The van der Waals surface area contributed by atoms with E-state index in [0.717, 1.165) is 16.4 Å². The molecule has 0 aliphatic carbocycles. The van der Waals surface area contributed by atoms with Gasteiger partial charge in [0.2, 0.25) is 10.0 Å². The van der Waals surface area contributed by atoms with Crippen molar-refractivity contribution < 1.29 is 31.8 Å². The molecule has 9 heteroatoms. The summed E-state index contributed by atoms with van der Waals surface area (Å²) in [6.07, 6.45) is 0. The average molecular weight is 321 g/mol. The molecule has 1 aliphatic rings. The number of carboxylic acid groups (broad SMARTS) is 1. The van der Waals surface area contributed by atoms with Crippen LogP contribution in [0.25, 0.3) is 0 Å². The van der Waals surface area contributed by atoms with Crippen LogP contribution in [0, 0.1) is 11.6 Å². The maximum absolute atomic E-state index is 13.1. The van der Waals surface area contributed by atoms with Gasteiger partial charge in [-0.1, -0.05) is 0 Å². The Morgan fingerprint density at radius 1 is 1.33 bits per heavy atom. The minimum atomic E-state index is -4.03. The van der Waals surface area contributed by atoms with Crippen molar-refractivity contribution in [2.45, 2.75) is 17.4 Å². The number of carboxylic acids is 1. The standard InChI is InChI=1S/C12H13F2NO5S/c1-12(20-5-11(16)17)6-15(7-12)21(18,19)10-3-8(13)2-9(14)4-10/h2-4H,5-7H2,1H3,(H,16,17). The van der Waals surface area contributed by atoms with Gasteiger partial charge in [0.05, 0.1) is 10.5 Å². The number of hydrogen-bond acceptors (Lipinski definition) is 4. The highest BCUT2D eigenvalue weighted by atomic mass is 32.2. The Morgan fingerprint density at radius 2 is 1.86 bits per heavy atom. The molecule has 1 aromatic carbocycles. The van der Waals surface area contributed by atoms with E-state index in [0.29, 0.717) is 6.07 Å². The molecule has 6 nitrogen and oxygen atoms in total. The van der Waals surface area contributed by atoms with Gasteiger partial charge in [-0.2, -0.15) is 4.31 Å². The van der Waals surface area contributed by atoms with E-state index >= 15 is 0 Å². The van der Waals surface area contributed by atoms with E-state index in [1.54, 1.807) is 6.92 Å². The Morgan fingerprint density at radius 3 is 2.33 bits per heavy atom. The number of sulfonamides is 1. The fourth-order valence-electron chi connectivity index (χ4n) is 2.02. The molecule has 116 valence electrons. The minimum absolute atomic E-state index is 0.0826. The van der Waals surface area contributed by atoms with E-state index in [4.69, 9.17) is 9.84 Å². The second-order valence-electron chi connectivity index (χ2n) is 5.01. The SMILES string of the molecule is CC1(OCC(=O)O)CN(S(=O)(=O)c2cc(F)cc(F)c2)C1. The lowest BCUT2D eigenvalue weighted by molar-refractivity contribution is -0.157. The Hall–Kier alpha value is -1.58. The molecule has 1 aromatic rings. The zero-order valence-electron chi connectivity index (χ0n) is 11.0. The van der Waals surface area contributed by atoms with Gasteiger partial charge in [0.25, 0.3) is 0 Å². The highest BCUT2D eigenvalue weighted by Crippen LogP contribution is 2.31. The van der Waals surface area contributed by atoms with Crippen LogP contribution in [0.5, 0.6) is 0 Å². The van der Waals surface area contributed by atoms with Gasteiger partial charge in [0, 0.05) is 19.2 Å². The maximum Gasteiger partial charge on any atom is 0.329 e. The Balaban J connectivity index is 2.11. The van der Waals surface area contributed by atoms with Gasteiger partial charge in [-0.25, -0.2) is 22.0 Å². The predicted octanol–water partition coefficient (Wildman–Crippen LogP) is 0.829. The second kappa shape index (κ2) is 5.32. The number of ether oxygens (including phenoxy) is 1. The fourth-order valence-corrected chi connectivity index (χ4v) is 3.73. The summed E-state index contributed by atoms with van der Waals surface area (Å²) < 4.78 is 56.6. The van der Waals surface area contributed by atoms with Gasteiger partial charge in [-0.05, 0) is 19.1 Å². The van der Waals surface area contributed by atoms with Gasteiger partial charge >= 0.3 is 5.97 Å². The van der Waals surface area contributed by atoms with Crippen molar-refractivity contribution in [2.75, 3.05) is 19.7 Å². The lowest BCUT2D eigenvalue weighted by Gasteiger charge is -2.46. The minimum Gasteiger partial charge on any atom is -0.480 e. The van der Waals surface area contributed by atoms with E-state index in [1.807, 2.05) is 0 Å². The summed E-state index contributed by atoms with van der Waals surface area (Å²) in [4.78, 5) is 9.93. The van der Waals surface area contributed by atoms with Gasteiger partial charge in [-0.15, -0.1) is 0 Å². The van der Waals surface area contributed by atoms with Crippen LogP contribution in [0.15, 0.2) is 23.1 Å². The van der Waals surface area contributed by atoms with Gasteiger partial charge in [0.1, 0.15) is 18.2 Å². The highest BCUT2D eigenvalue weighted by molar-refractivity contribution is 7.89. The van der Waals surface area contributed by atoms with E-state index in [-0.39, 0.29) is 13.1 Å². The van der Waals surface area contributed by atoms with Crippen LogP contribution in [0.1, 0.15) is 6.92 Å². The largest absolute Gasteiger partial charge is 0.480 e. The molecule has 0 atom stereocenters. The zero-order chi connectivity index (χ0) is 15.8. The summed E-state index contributed by atoms with van der Waals surface area (Å²) in [5.41, 5.74) is -0.919. The maximum atomic E-state index is 13.1. The molecule has 0 radical (unpaired) electrons. The van der Waals surface area contributed by atoms with Crippen LogP contribution in [0.2, 0.25) is 0 Å². The van der Waals surface area contributed by atoms with Crippen LogP contribution in [0.4, 0.5) is 8.78 Å². The highest BCUT2D eigenvalue weighted by Gasteiger charge is 2.46. The summed E-state index contributed by atoms with van der Waals surface area (Å²) in [6, 6.07) is 2.04. The summed E-state index contributed by atoms with van der Waals surface area (Å²) >= 11 is 0. The third kappa shape index (κ3) is 3.36. The van der Waals surface area contributed by atoms with Gasteiger partial charge < -0.3 is 9.84 Å². The van der Waals surface area contributed by atoms with Crippen molar-refractivity contribution in [1.29, 1.82) is 0 Å². The number of rotatable bonds is 5. The second-order valence-corrected chi connectivity index (χ2v) is 6.95. The molecule has 0 bridgehead atoms. The van der Waals surface area contributed by atoms with E-state index in [1.165, 1.54) is 0 Å². The number of carbonyl (C=O) groups is 1. The summed E-state index contributed by atoms with van der Waals surface area (Å²) in [5, 5.41) is 8.52. The van der Waals surface area contributed by atoms with Crippen molar-refractivity contribution in [3.05, 3.63) is 29.8 Å². The molecular formula is C12H13F2NO5S. The van der Waals surface area contributed by atoms with Crippen LogP contribution < -0.4 is 0 Å². The first-order valence-electron chi connectivity index (χ1n) is 5.94. The molecule has 1 heterocycles.